The van der Waals surface area contributed by atoms with E-state index in [0.29, 0.717) is 6.61 Å². The molecule has 1 aromatic carbocycles. The molecular formula is C15H15NO2. The molecule has 0 spiro atoms. The van der Waals surface area contributed by atoms with Crippen LogP contribution in [-0.4, -0.2) is 16.7 Å². The Morgan fingerprint density at radius 2 is 2.00 bits per heavy atom. The fourth-order valence-electron chi connectivity index (χ4n) is 1.54. The summed E-state index contributed by atoms with van der Waals surface area (Å²) in [6.07, 6.45) is 6.88. The maximum absolute atomic E-state index is 8.71. The molecule has 0 radical (unpaired) electrons. The molecular weight excluding hydrogens is 226 g/mol. The first-order valence-corrected chi connectivity index (χ1v) is 5.77. The van der Waals surface area contributed by atoms with Crippen LogP contribution in [0.5, 0.6) is 5.75 Å². The number of benzene rings is 1. The van der Waals surface area contributed by atoms with Crippen LogP contribution in [-0.2, 0) is 6.61 Å². The average molecular weight is 241 g/mol. The first-order chi connectivity index (χ1) is 8.88. The number of rotatable bonds is 5. The predicted octanol–water partition coefficient (Wildman–Crippen LogP) is 2.67. The lowest BCUT2D eigenvalue weighted by Gasteiger charge is -2.06. The molecule has 2 aromatic rings. The molecule has 0 saturated heterocycles. The molecule has 0 atom stereocenters. The number of pyridine rings is 1. The lowest BCUT2D eigenvalue weighted by atomic mass is 10.2. The summed E-state index contributed by atoms with van der Waals surface area (Å²) in [5.74, 6) is 0.721. The Labute approximate surface area is 106 Å². The van der Waals surface area contributed by atoms with Gasteiger partial charge in [-0.25, -0.2) is 0 Å². The topological polar surface area (TPSA) is 42.4 Å². The summed E-state index contributed by atoms with van der Waals surface area (Å²) in [6.45, 7) is 0.546. The average Bonchev–Trinajstić information content (AvgIpc) is 2.44. The van der Waals surface area contributed by atoms with Crippen LogP contribution in [0.4, 0.5) is 0 Å². The van der Waals surface area contributed by atoms with Gasteiger partial charge in [-0.3, -0.25) is 4.98 Å². The molecule has 3 heteroatoms. The molecule has 92 valence electrons. The fraction of sp³-hybridized carbons (Fsp3) is 0.133. The fourth-order valence-corrected chi connectivity index (χ4v) is 1.54. The minimum atomic E-state index is 0.0229. The van der Waals surface area contributed by atoms with Gasteiger partial charge >= 0.3 is 0 Å². The lowest BCUT2D eigenvalue weighted by molar-refractivity contribution is 0.305. The molecule has 0 amide bonds. The van der Waals surface area contributed by atoms with E-state index in [0.717, 1.165) is 16.9 Å². The highest BCUT2D eigenvalue weighted by Gasteiger charge is 1.97. The zero-order valence-corrected chi connectivity index (χ0v) is 9.99. The van der Waals surface area contributed by atoms with Crippen LogP contribution in [0.2, 0.25) is 0 Å². The van der Waals surface area contributed by atoms with Crippen LogP contribution in [0.15, 0.2) is 54.9 Å². The summed E-state index contributed by atoms with van der Waals surface area (Å²) >= 11 is 0. The standard InChI is InChI=1S/C15H15NO2/c17-8-4-7-14-9-15(11-16-10-14)18-12-13-5-2-1-3-6-13/h1-7,9-11,17H,8,12H2. The largest absolute Gasteiger partial charge is 0.487 e. The van der Waals surface area contributed by atoms with Crippen LogP contribution in [0.1, 0.15) is 11.1 Å². The number of ether oxygens (including phenoxy) is 1. The van der Waals surface area contributed by atoms with Gasteiger partial charge in [0.25, 0.3) is 0 Å². The molecule has 0 fully saturated rings. The van der Waals surface area contributed by atoms with Gasteiger partial charge in [0.15, 0.2) is 0 Å². The molecule has 0 aliphatic carbocycles. The Bertz CT molecular complexity index is 509. The van der Waals surface area contributed by atoms with Gasteiger partial charge in [0.2, 0.25) is 0 Å². The van der Waals surface area contributed by atoms with Crippen LogP contribution < -0.4 is 4.74 Å². The quantitative estimate of drug-likeness (QED) is 0.875. The molecule has 0 aliphatic rings. The van der Waals surface area contributed by atoms with Crippen molar-refractivity contribution in [3.63, 3.8) is 0 Å². The zero-order chi connectivity index (χ0) is 12.6. The number of nitrogens with zero attached hydrogens (tertiary/aromatic N) is 1. The maximum atomic E-state index is 8.71. The van der Waals surface area contributed by atoms with Gasteiger partial charge in [0.1, 0.15) is 12.4 Å². The van der Waals surface area contributed by atoms with E-state index in [1.165, 1.54) is 0 Å². The predicted molar refractivity (Wildman–Crippen MR) is 71.1 cm³/mol. The van der Waals surface area contributed by atoms with Gasteiger partial charge in [0, 0.05) is 6.20 Å². The van der Waals surface area contributed by atoms with Crippen molar-refractivity contribution < 1.29 is 9.84 Å². The maximum Gasteiger partial charge on any atom is 0.138 e. The van der Waals surface area contributed by atoms with E-state index in [1.54, 1.807) is 18.5 Å². The van der Waals surface area contributed by atoms with E-state index < -0.39 is 0 Å². The Morgan fingerprint density at radius 3 is 2.78 bits per heavy atom. The summed E-state index contributed by atoms with van der Waals surface area (Å²) in [6, 6.07) is 11.9. The molecule has 0 aliphatic heterocycles. The van der Waals surface area contributed by atoms with Gasteiger partial charge < -0.3 is 9.84 Å². The van der Waals surface area contributed by atoms with E-state index in [1.807, 2.05) is 42.5 Å². The van der Waals surface area contributed by atoms with Gasteiger partial charge in [-0.05, 0) is 17.2 Å². The van der Waals surface area contributed by atoms with Crippen molar-refractivity contribution in [2.75, 3.05) is 6.61 Å². The molecule has 0 unspecified atom stereocenters. The highest BCUT2D eigenvalue weighted by atomic mass is 16.5. The van der Waals surface area contributed by atoms with Crippen molar-refractivity contribution in [2.45, 2.75) is 6.61 Å². The number of aromatic nitrogens is 1. The Morgan fingerprint density at radius 1 is 1.17 bits per heavy atom. The third kappa shape index (κ3) is 3.71. The number of hydrogen-bond acceptors (Lipinski definition) is 3. The second kappa shape index (κ2) is 6.57. The lowest BCUT2D eigenvalue weighted by Crippen LogP contribution is -1.95. The Kier molecular flexibility index (Phi) is 4.50. The minimum Gasteiger partial charge on any atom is -0.487 e. The molecule has 1 N–H and O–H groups in total. The zero-order valence-electron chi connectivity index (χ0n) is 9.99. The first-order valence-electron chi connectivity index (χ1n) is 5.77. The summed E-state index contributed by atoms with van der Waals surface area (Å²) < 4.78 is 5.65. The number of aliphatic hydroxyl groups excluding tert-OH is 1. The first kappa shape index (κ1) is 12.3. The molecule has 1 aromatic heterocycles. The van der Waals surface area contributed by atoms with E-state index in [4.69, 9.17) is 9.84 Å². The summed E-state index contributed by atoms with van der Waals surface area (Å²) in [5, 5.41) is 8.71. The summed E-state index contributed by atoms with van der Waals surface area (Å²) in [4.78, 5) is 4.09. The Balaban J connectivity index is 1.99. The van der Waals surface area contributed by atoms with Crippen molar-refractivity contribution in [1.82, 2.24) is 4.98 Å². The van der Waals surface area contributed by atoms with E-state index in [-0.39, 0.29) is 6.61 Å². The number of aliphatic hydroxyl groups is 1. The summed E-state index contributed by atoms with van der Waals surface area (Å²) in [7, 11) is 0. The van der Waals surface area contributed by atoms with E-state index in [9.17, 15) is 0 Å². The van der Waals surface area contributed by atoms with Crippen molar-refractivity contribution in [2.24, 2.45) is 0 Å². The monoisotopic (exact) mass is 241 g/mol. The van der Waals surface area contributed by atoms with Crippen molar-refractivity contribution in [1.29, 1.82) is 0 Å². The highest BCUT2D eigenvalue weighted by molar-refractivity contribution is 5.49. The molecule has 1 heterocycles. The highest BCUT2D eigenvalue weighted by Crippen LogP contribution is 2.14. The van der Waals surface area contributed by atoms with Crippen molar-refractivity contribution >= 4 is 6.08 Å². The van der Waals surface area contributed by atoms with Gasteiger partial charge in [-0.1, -0.05) is 42.5 Å². The molecule has 2 rings (SSSR count). The minimum absolute atomic E-state index is 0.0229. The van der Waals surface area contributed by atoms with Crippen LogP contribution in [0, 0.1) is 0 Å². The van der Waals surface area contributed by atoms with Gasteiger partial charge in [-0.15, -0.1) is 0 Å². The van der Waals surface area contributed by atoms with E-state index in [2.05, 4.69) is 4.98 Å². The van der Waals surface area contributed by atoms with Crippen LogP contribution in [0.25, 0.3) is 6.08 Å². The second-order valence-electron chi connectivity index (χ2n) is 3.81. The SMILES string of the molecule is OCC=Cc1cncc(OCc2ccccc2)c1. The number of hydrogen-bond donors (Lipinski definition) is 1. The smallest absolute Gasteiger partial charge is 0.138 e. The van der Waals surface area contributed by atoms with Crippen LogP contribution >= 0.6 is 0 Å². The van der Waals surface area contributed by atoms with Gasteiger partial charge in [0.05, 0.1) is 12.8 Å². The second-order valence-corrected chi connectivity index (χ2v) is 3.81. The van der Waals surface area contributed by atoms with Crippen molar-refractivity contribution in [3.8, 4) is 5.75 Å². The molecule has 18 heavy (non-hydrogen) atoms. The van der Waals surface area contributed by atoms with Gasteiger partial charge in [-0.2, -0.15) is 0 Å². The van der Waals surface area contributed by atoms with E-state index >= 15 is 0 Å². The van der Waals surface area contributed by atoms with Crippen molar-refractivity contribution in [3.05, 3.63) is 66.0 Å². The molecule has 0 bridgehead atoms. The Hall–Kier alpha value is -2.13. The normalized spacial score (nSPS) is 10.7. The molecule has 3 nitrogen and oxygen atoms in total. The van der Waals surface area contributed by atoms with Crippen LogP contribution in [0.3, 0.4) is 0 Å². The molecule has 0 saturated carbocycles. The third-order valence-corrected chi connectivity index (χ3v) is 2.40. The summed E-state index contributed by atoms with van der Waals surface area (Å²) in [5.41, 5.74) is 2.03. The third-order valence-electron chi connectivity index (χ3n) is 2.40.